The Bertz CT molecular complexity index is 350. The maximum absolute atomic E-state index is 8.73. The van der Waals surface area contributed by atoms with E-state index < -0.39 is 0 Å². The van der Waals surface area contributed by atoms with Gasteiger partial charge in [-0.2, -0.15) is 0 Å². The Kier molecular flexibility index (Phi) is 6.16. The molecule has 1 aromatic rings. The predicted molar refractivity (Wildman–Crippen MR) is 75.2 cm³/mol. The first-order valence-electron chi connectivity index (χ1n) is 6.57. The van der Waals surface area contributed by atoms with Crippen LogP contribution in [0.25, 0.3) is 0 Å². The van der Waals surface area contributed by atoms with Gasteiger partial charge < -0.3 is 15.2 Å². The van der Waals surface area contributed by atoms with Crippen molar-refractivity contribution in [2.45, 2.75) is 32.1 Å². The van der Waals surface area contributed by atoms with Gasteiger partial charge in [-0.1, -0.05) is 32.0 Å². The van der Waals surface area contributed by atoms with Gasteiger partial charge >= 0.3 is 0 Å². The number of unbranched alkanes of at least 4 members (excludes halogenated alkanes) is 1. The number of hydrogen-bond acceptors (Lipinski definition) is 3. The van der Waals surface area contributed by atoms with Crippen molar-refractivity contribution in [2.24, 2.45) is 0 Å². The highest BCUT2D eigenvalue weighted by atomic mass is 16.5. The fraction of sp³-hybridized carbons (Fsp3) is 0.600. The lowest BCUT2D eigenvalue weighted by molar-refractivity contribution is 0.283. The number of nitrogens with one attached hydrogen (secondary N) is 1. The normalized spacial score (nSPS) is 11.6. The van der Waals surface area contributed by atoms with Crippen molar-refractivity contribution in [1.82, 2.24) is 5.32 Å². The van der Waals surface area contributed by atoms with Gasteiger partial charge in [-0.25, -0.2) is 0 Å². The second kappa shape index (κ2) is 7.39. The molecule has 0 unspecified atom stereocenters. The van der Waals surface area contributed by atoms with E-state index in [1.54, 1.807) is 7.11 Å². The van der Waals surface area contributed by atoms with Crippen LogP contribution in [0, 0.1) is 0 Å². The lowest BCUT2D eigenvalue weighted by atomic mass is 9.84. The molecule has 1 aromatic carbocycles. The van der Waals surface area contributed by atoms with Crippen LogP contribution in [0.2, 0.25) is 0 Å². The molecule has 0 radical (unpaired) electrons. The van der Waals surface area contributed by atoms with Crippen LogP contribution in [-0.2, 0) is 5.41 Å². The van der Waals surface area contributed by atoms with Crippen LogP contribution in [-0.4, -0.2) is 31.9 Å². The Morgan fingerprint density at radius 2 is 1.94 bits per heavy atom. The third-order valence-corrected chi connectivity index (χ3v) is 3.16. The fourth-order valence-corrected chi connectivity index (χ4v) is 2.06. The van der Waals surface area contributed by atoms with Gasteiger partial charge in [-0.05, 0) is 25.5 Å². The van der Waals surface area contributed by atoms with Crippen LogP contribution in [0.15, 0.2) is 24.3 Å². The number of para-hydroxylation sites is 1. The zero-order chi connectivity index (χ0) is 13.4. The molecule has 0 heterocycles. The van der Waals surface area contributed by atoms with E-state index in [-0.39, 0.29) is 12.0 Å². The van der Waals surface area contributed by atoms with Crippen LogP contribution < -0.4 is 10.1 Å². The van der Waals surface area contributed by atoms with Crippen molar-refractivity contribution < 1.29 is 9.84 Å². The Hall–Kier alpha value is -1.06. The SMILES string of the molecule is COc1ccccc1C(C)(C)CNCCCCO. The quantitative estimate of drug-likeness (QED) is 0.697. The molecule has 1 rings (SSSR count). The van der Waals surface area contributed by atoms with Crippen LogP contribution in [0.1, 0.15) is 32.3 Å². The van der Waals surface area contributed by atoms with Gasteiger partial charge in [0.1, 0.15) is 5.75 Å². The summed E-state index contributed by atoms with van der Waals surface area (Å²) in [5, 5.41) is 12.2. The number of ether oxygens (including phenoxy) is 1. The van der Waals surface area contributed by atoms with E-state index in [0.717, 1.165) is 31.7 Å². The van der Waals surface area contributed by atoms with Crippen LogP contribution in [0.5, 0.6) is 5.75 Å². The number of benzene rings is 1. The van der Waals surface area contributed by atoms with E-state index in [4.69, 9.17) is 9.84 Å². The van der Waals surface area contributed by atoms with Gasteiger partial charge in [0.2, 0.25) is 0 Å². The van der Waals surface area contributed by atoms with Crippen molar-refractivity contribution in [3.05, 3.63) is 29.8 Å². The number of hydrogen-bond donors (Lipinski definition) is 2. The van der Waals surface area contributed by atoms with Gasteiger partial charge in [-0.15, -0.1) is 0 Å². The van der Waals surface area contributed by atoms with E-state index >= 15 is 0 Å². The van der Waals surface area contributed by atoms with E-state index in [0.29, 0.717) is 0 Å². The third kappa shape index (κ3) is 4.31. The van der Waals surface area contributed by atoms with Crippen LogP contribution in [0.4, 0.5) is 0 Å². The van der Waals surface area contributed by atoms with Crippen molar-refractivity contribution in [3.8, 4) is 5.75 Å². The molecule has 0 atom stereocenters. The number of rotatable bonds is 8. The summed E-state index contributed by atoms with van der Waals surface area (Å²) in [4.78, 5) is 0. The minimum absolute atomic E-state index is 0.0335. The third-order valence-electron chi connectivity index (χ3n) is 3.16. The lowest BCUT2D eigenvalue weighted by Crippen LogP contribution is -2.33. The fourth-order valence-electron chi connectivity index (χ4n) is 2.06. The van der Waals surface area contributed by atoms with E-state index in [2.05, 4.69) is 25.2 Å². The monoisotopic (exact) mass is 251 g/mol. The molecule has 0 spiro atoms. The Morgan fingerprint density at radius 3 is 2.61 bits per heavy atom. The minimum Gasteiger partial charge on any atom is -0.496 e. The standard InChI is InChI=1S/C15H25NO2/c1-15(2,12-16-10-6-7-11-17)13-8-4-5-9-14(13)18-3/h4-5,8-9,16-17H,6-7,10-12H2,1-3H3. The molecule has 0 saturated heterocycles. The number of methoxy groups -OCH3 is 1. The maximum Gasteiger partial charge on any atom is 0.122 e. The molecule has 0 aliphatic carbocycles. The van der Waals surface area contributed by atoms with Gasteiger partial charge in [0.25, 0.3) is 0 Å². The highest BCUT2D eigenvalue weighted by Gasteiger charge is 2.23. The highest BCUT2D eigenvalue weighted by Crippen LogP contribution is 2.30. The van der Waals surface area contributed by atoms with E-state index in [1.807, 2.05) is 18.2 Å². The first-order valence-corrected chi connectivity index (χ1v) is 6.57. The summed E-state index contributed by atoms with van der Waals surface area (Å²) in [5.41, 5.74) is 1.26. The second-order valence-electron chi connectivity index (χ2n) is 5.19. The summed E-state index contributed by atoms with van der Waals surface area (Å²) < 4.78 is 5.42. The molecular weight excluding hydrogens is 226 g/mol. The molecule has 0 amide bonds. The predicted octanol–water partition coefficient (Wildman–Crippen LogP) is 2.33. The number of aliphatic hydroxyl groups is 1. The minimum atomic E-state index is 0.0335. The van der Waals surface area contributed by atoms with Gasteiger partial charge in [0.05, 0.1) is 7.11 Å². The molecule has 0 aliphatic heterocycles. The molecule has 2 N–H and O–H groups in total. The molecule has 3 heteroatoms. The largest absolute Gasteiger partial charge is 0.496 e. The summed E-state index contributed by atoms with van der Waals surface area (Å²) >= 11 is 0. The topological polar surface area (TPSA) is 41.5 Å². The van der Waals surface area contributed by atoms with Crippen LogP contribution in [0.3, 0.4) is 0 Å². The molecule has 0 bridgehead atoms. The first-order chi connectivity index (χ1) is 8.61. The van der Waals surface area contributed by atoms with Crippen molar-refractivity contribution >= 4 is 0 Å². The Balaban J connectivity index is 2.56. The zero-order valence-corrected chi connectivity index (χ0v) is 11.7. The molecule has 0 aliphatic rings. The van der Waals surface area contributed by atoms with E-state index in [9.17, 15) is 0 Å². The van der Waals surface area contributed by atoms with E-state index in [1.165, 1.54) is 5.56 Å². The summed E-state index contributed by atoms with van der Waals surface area (Å²) in [5.74, 6) is 0.944. The Morgan fingerprint density at radius 1 is 1.22 bits per heavy atom. The summed E-state index contributed by atoms with van der Waals surface area (Å²) in [6, 6.07) is 8.16. The smallest absolute Gasteiger partial charge is 0.122 e. The first kappa shape index (κ1) is 15.0. The molecule has 102 valence electrons. The summed E-state index contributed by atoms with van der Waals surface area (Å²) in [6.45, 7) is 6.54. The van der Waals surface area contributed by atoms with Crippen molar-refractivity contribution in [2.75, 3.05) is 26.8 Å². The molecule has 0 saturated carbocycles. The second-order valence-corrected chi connectivity index (χ2v) is 5.19. The molecular formula is C15H25NO2. The molecule has 0 fully saturated rings. The molecule has 3 nitrogen and oxygen atoms in total. The van der Waals surface area contributed by atoms with Gasteiger partial charge in [0, 0.05) is 24.1 Å². The number of aliphatic hydroxyl groups excluding tert-OH is 1. The summed E-state index contributed by atoms with van der Waals surface area (Å²) in [7, 11) is 1.71. The average Bonchev–Trinajstić information content (AvgIpc) is 2.38. The highest BCUT2D eigenvalue weighted by molar-refractivity contribution is 5.39. The lowest BCUT2D eigenvalue weighted by Gasteiger charge is -2.27. The molecule has 0 aromatic heterocycles. The van der Waals surface area contributed by atoms with Gasteiger partial charge in [-0.3, -0.25) is 0 Å². The average molecular weight is 251 g/mol. The Labute approximate surface area is 110 Å². The summed E-state index contributed by atoms with van der Waals surface area (Å²) in [6.07, 6.45) is 1.88. The zero-order valence-electron chi connectivity index (χ0n) is 11.7. The maximum atomic E-state index is 8.73. The van der Waals surface area contributed by atoms with Crippen molar-refractivity contribution in [3.63, 3.8) is 0 Å². The van der Waals surface area contributed by atoms with Crippen molar-refractivity contribution in [1.29, 1.82) is 0 Å². The van der Waals surface area contributed by atoms with Crippen LogP contribution >= 0.6 is 0 Å². The van der Waals surface area contributed by atoms with Gasteiger partial charge in [0.15, 0.2) is 0 Å². The molecule has 18 heavy (non-hydrogen) atoms.